The van der Waals surface area contributed by atoms with Gasteiger partial charge < -0.3 is 15.4 Å². The monoisotopic (exact) mass is 209 g/mol. The molecule has 0 aromatic carbocycles. The highest BCUT2D eigenvalue weighted by molar-refractivity contribution is 5.37. The van der Waals surface area contributed by atoms with E-state index < -0.39 is 0 Å². The standard InChI is InChI=1S/C9H15N5O/c1-3-4-10-8-7-12-14-9(13-8)11-5-6-15-2/h3,7H,1,4-6H2,2H3,(H2,10,11,13,14). The Morgan fingerprint density at radius 3 is 3.13 bits per heavy atom. The number of hydrogen-bond acceptors (Lipinski definition) is 6. The van der Waals surface area contributed by atoms with Crippen molar-refractivity contribution in [2.75, 3.05) is 37.4 Å². The van der Waals surface area contributed by atoms with Crippen molar-refractivity contribution in [3.8, 4) is 0 Å². The van der Waals surface area contributed by atoms with Gasteiger partial charge in [0.25, 0.3) is 0 Å². The summed E-state index contributed by atoms with van der Waals surface area (Å²) in [5.41, 5.74) is 0. The van der Waals surface area contributed by atoms with Crippen molar-refractivity contribution >= 4 is 11.8 Å². The van der Waals surface area contributed by atoms with E-state index in [1.54, 1.807) is 19.4 Å². The molecule has 0 unspecified atom stereocenters. The molecule has 1 aromatic rings. The average molecular weight is 209 g/mol. The molecule has 0 spiro atoms. The summed E-state index contributed by atoms with van der Waals surface area (Å²) in [5.74, 6) is 1.16. The highest BCUT2D eigenvalue weighted by Gasteiger charge is 1.97. The van der Waals surface area contributed by atoms with Gasteiger partial charge in [-0.25, -0.2) is 0 Å². The lowest BCUT2D eigenvalue weighted by Gasteiger charge is -2.05. The molecule has 6 heteroatoms. The first kappa shape index (κ1) is 11.4. The van der Waals surface area contributed by atoms with E-state index in [9.17, 15) is 0 Å². The van der Waals surface area contributed by atoms with E-state index in [4.69, 9.17) is 4.74 Å². The minimum Gasteiger partial charge on any atom is -0.383 e. The summed E-state index contributed by atoms with van der Waals surface area (Å²) >= 11 is 0. The van der Waals surface area contributed by atoms with Gasteiger partial charge in [-0.2, -0.15) is 10.1 Å². The second-order valence-corrected chi connectivity index (χ2v) is 2.75. The predicted molar refractivity (Wildman–Crippen MR) is 58.9 cm³/mol. The third-order valence-electron chi connectivity index (χ3n) is 1.58. The summed E-state index contributed by atoms with van der Waals surface area (Å²) in [6.07, 6.45) is 3.31. The van der Waals surface area contributed by atoms with Crippen molar-refractivity contribution in [1.82, 2.24) is 15.2 Å². The molecule has 0 saturated carbocycles. The Balaban J connectivity index is 2.46. The molecule has 0 aliphatic heterocycles. The third-order valence-corrected chi connectivity index (χ3v) is 1.58. The third kappa shape index (κ3) is 4.37. The van der Waals surface area contributed by atoms with Crippen LogP contribution in [0.5, 0.6) is 0 Å². The van der Waals surface area contributed by atoms with Gasteiger partial charge in [-0.1, -0.05) is 6.08 Å². The van der Waals surface area contributed by atoms with Crippen molar-refractivity contribution in [2.45, 2.75) is 0 Å². The molecule has 1 rings (SSSR count). The maximum atomic E-state index is 4.89. The van der Waals surface area contributed by atoms with Crippen LogP contribution in [-0.2, 0) is 4.74 Å². The van der Waals surface area contributed by atoms with Crippen LogP contribution in [0.4, 0.5) is 11.8 Å². The molecule has 1 aromatic heterocycles. The van der Waals surface area contributed by atoms with Gasteiger partial charge in [0.2, 0.25) is 5.95 Å². The van der Waals surface area contributed by atoms with Crippen LogP contribution >= 0.6 is 0 Å². The molecule has 15 heavy (non-hydrogen) atoms. The zero-order chi connectivity index (χ0) is 10.9. The Morgan fingerprint density at radius 2 is 2.40 bits per heavy atom. The Bertz CT molecular complexity index is 304. The summed E-state index contributed by atoms with van der Waals surface area (Å²) < 4.78 is 4.89. The largest absolute Gasteiger partial charge is 0.383 e. The summed E-state index contributed by atoms with van der Waals surface area (Å²) in [5, 5.41) is 13.6. The molecular formula is C9H15N5O. The molecule has 0 aliphatic carbocycles. The van der Waals surface area contributed by atoms with Crippen molar-refractivity contribution in [1.29, 1.82) is 0 Å². The molecule has 1 heterocycles. The Morgan fingerprint density at radius 1 is 1.53 bits per heavy atom. The number of nitrogens with zero attached hydrogens (tertiary/aromatic N) is 3. The van der Waals surface area contributed by atoms with Gasteiger partial charge in [0.05, 0.1) is 12.8 Å². The zero-order valence-electron chi connectivity index (χ0n) is 8.73. The van der Waals surface area contributed by atoms with Crippen LogP contribution in [0.25, 0.3) is 0 Å². The lowest BCUT2D eigenvalue weighted by Crippen LogP contribution is -2.12. The number of rotatable bonds is 7. The Hall–Kier alpha value is -1.69. The molecule has 0 atom stereocenters. The van der Waals surface area contributed by atoms with E-state index in [0.717, 1.165) is 0 Å². The predicted octanol–water partition coefficient (Wildman–Crippen LogP) is 0.528. The topological polar surface area (TPSA) is 72.0 Å². The molecule has 6 nitrogen and oxygen atoms in total. The van der Waals surface area contributed by atoms with Crippen LogP contribution in [-0.4, -0.2) is 42.0 Å². The smallest absolute Gasteiger partial charge is 0.244 e. The van der Waals surface area contributed by atoms with Crippen molar-refractivity contribution in [3.05, 3.63) is 18.9 Å². The minimum atomic E-state index is 0.487. The quantitative estimate of drug-likeness (QED) is 0.504. The maximum Gasteiger partial charge on any atom is 0.244 e. The number of nitrogens with one attached hydrogen (secondary N) is 2. The summed E-state index contributed by atoms with van der Waals surface area (Å²) in [6, 6.07) is 0. The Kier molecular flexibility index (Phi) is 5.10. The second-order valence-electron chi connectivity index (χ2n) is 2.75. The fourth-order valence-electron chi connectivity index (χ4n) is 0.905. The van der Waals surface area contributed by atoms with E-state index in [1.807, 2.05) is 0 Å². The van der Waals surface area contributed by atoms with Crippen LogP contribution in [0.1, 0.15) is 0 Å². The van der Waals surface area contributed by atoms with E-state index in [-0.39, 0.29) is 0 Å². The van der Waals surface area contributed by atoms with E-state index in [1.165, 1.54) is 0 Å². The molecule has 0 fully saturated rings. The molecule has 0 saturated heterocycles. The van der Waals surface area contributed by atoms with Crippen LogP contribution < -0.4 is 10.6 Å². The second kappa shape index (κ2) is 6.72. The fourth-order valence-corrected chi connectivity index (χ4v) is 0.905. The maximum absolute atomic E-state index is 4.89. The van der Waals surface area contributed by atoms with Crippen LogP contribution in [0.3, 0.4) is 0 Å². The lowest BCUT2D eigenvalue weighted by molar-refractivity contribution is 0.210. The molecule has 0 radical (unpaired) electrons. The number of ether oxygens (including phenoxy) is 1. The first-order valence-corrected chi connectivity index (χ1v) is 4.64. The van der Waals surface area contributed by atoms with Gasteiger partial charge in [0.15, 0.2) is 5.82 Å². The van der Waals surface area contributed by atoms with Gasteiger partial charge in [-0.05, 0) is 0 Å². The average Bonchev–Trinajstić information content (AvgIpc) is 2.27. The van der Waals surface area contributed by atoms with Gasteiger partial charge in [-0.3, -0.25) is 0 Å². The normalized spacial score (nSPS) is 9.67. The number of methoxy groups -OCH3 is 1. The number of aromatic nitrogens is 3. The summed E-state index contributed by atoms with van der Waals surface area (Å²) in [6.45, 7) is 5.51. The molecule has 2 N–H and O–H groups in total. The van der Waals surface area contributed by atoms with E-state index in [2.05, 4.69) is 32.4 Å². The Labute approximate surface area is 88.8 Å². The van der Waals surface area contributed by atoms with E-state index in [0.29, 0.717) is 31.5 Å². The lowest BCUT2D eigenvalue weighted by atomic mass is 10.6. The SMILES string of the molecule is C=CCNc1cnnc(NCCOC)n1. The minimum absolute atomic E-state index is 0.487. The summed E-state index contributed by atoms with van der Waals surface area (Å²) in [4.78, 5) is 4.18. The van der Waals surface area contributed by atoms with Crippen molar-refractivity contribution in [2.24, 2.45) is 0 Å². The van der Waals surface area contributed by atoms with Gasteiger partial charge in [0, 0.05) is 20.2 Å². The molecule has 0 aliphatic rings. The fraction of sp³-hybridized carbons (Fsp3) is 0.444. The van der Waals surface area contributed by atoms with Crippen LogP contribution in [0.2, 0.25) is 0 Å². The first-order valence-electron chi connectivity index (χ1n) is 4.64. The number of hydrogen-bond donors (Lipinski definition) is 2. The van der Waals surface area contributed by atoms with Gasteiger partial charge in [-0.15, -0.1) is 11.7 Å². The van der Waals surface area contributed by atoms with Crippen LogP contribution in [0, 0.1) is 0 Å². The summed E-state index contributed by atoms with van der Waals surface area (Å²) in [7, 11) is 1.64. The first-order chi connectivity index (χ1) is 7.36. The number of anilines is 2. The molecular weight excluding hydrogens is 194 g/mol. The van der Waals surface area contributed by atoms with E-state index >= 15 is 0 Å². The molecule has 82 valence electrons. The molecule has 0 amide bonds. The molecule has 0 bridgehead atoms. The van der Waals surface area contributed by atoms with Gasteiger partial charge in [0.1, 0.15) is 0 Å². The highest BCUT2D eigenvalue weighted by atomic mass is 16.5. The van der Waals surface area contributed by atoms with Crippen LogP contribution in [0.15, 0.2) is 18.9 Å². The highest BCUT2D eigenvalue weighted by Crippen LogP contribution is 2.02. The van der Waals surface area contributed by atoms with Crippen molar-refractivity contribution in [3.63, 3.8) is 0 Å². The van der Waals surface area contributed by atoms with Gasteiger partial charge >= 0.3 is 0 Å². The van der Waals surface area contributed by atoms with Crippen molar-refractivity contribution < 1.29 is 4.74 Å². The zero-order valence-corrected chi connectivity index (χ0v) is 8.73.